The van der Waals surface area contributed by atoms with Crippen molar-refractivity contribution in [2.45, 2.75) is 19.6 Å². The number of halogens is 4. The summed E-state index contributed by atoms with van der Waals surface area (Å²) in [6.45, 7) is 2.07. The van der Waals surface area contributed by atoms with Crippen LogP contribution >= 0.6 is 11.6 Å². The zero-order valence-corrected chi connectivity index (χ0v) is 10.1. The Balaban J connectivity index is 2.21. The maximum atomic E-state index is 12.4. The molecular formula is C11H9ClF3N3. The van der Waals surface area contributed by atoms with Gasteiger partial charge in [-0.15, -0.1) is 10.2 Å². The van der Waals surface area contributed by atoms with Crippen LogP contribution < -0.4 is 0 Å². The molecule has 2 rings (SSSR count). The van der Waals surface area contributed by atoms with Gasteiger partial charge in [0.25, 0.3) is 0 Å². The molecule has 0 radical (unpaired) electrons. The molecule has 0 amide bonds. The minimum Gasteiger partial charge on any atom is -0.298 e. The highest BCUT2D eigenvalue weighted by atomic mass is 35.5. The van der Waals surface area contributed by atoms with Crippen LogP contribution in [0.1, 0.15) is 17.0 Å². The zero-order chi connectivity index (χ0) is 13.3. The molecule has 0 aliphatic carbocycles. The second kappa shape index (κ2) is 4.61. The summed E-state index contributed by atoms with van der Waals surface area (Å²) in [5.74, 6) is 0.611. The Morgan fingerprint density at radius 1 is 1.17 bits per heavy atom. The van der Waals surface area contributed by atoms with Crippen LogP contribution in [0.5, 0.6) is 0 Å². The summed E-state index contributed by atoms with van der Waals surface area (Å²) in [7, 11) is 0. The number of benzene rings is 1. The average molecular weight is 276 g/mol. The molecule has 1 heterocycles. The minimum absolute atomic E-state index is 0.215. The van der Waals surface area contributed by atoms with Crippen molar-refractivity contribution >= 4 is 11.6 Å². The van der Waals surface area contributed by atoms with Crippen LogP contribution in [0.15, 0.2) is 24.3 Å². The van der Waals surface area contributed by atoms with E-state index in [0.717, 1.165) is 12.1 Å². The third-order valence-electron chi connectivity index (χ3n) is 2.51. The summed E-state index contributed by atoms with van der Waals surface area (Å²) in [4.78, 5) is 0. The van der Waals surface area contributed by atoms with Crippen molar-refractivity contribution in [3.63, 3.8) is 0 Å². The lowest BCUT2D eigenvalue weighted by molar-refractivity contribution is -0.137. The van der Waals surface area contributed by atoms with Crippen molar-refractivity contribution in [1.82, 2.24) is 14.8 Å². The van der Waals surface area contributed by atoms with Crippen molar-refractivity contribution < 1.29 is 13.2 Å². The minimum atomic E-state index is -4.32. The fourth-order valence-corrected chi connectivity index (χ4v) is 1.74. The first-order chi connectivity index (χ1) is 8.38. The Hall–Kier alpha value is -1.56. The van der Waals surface area contributed by atoms with Gasteiger partial charge in [-0.1, -0.05) is 12.1 Å². The number of aryl methyl sites for hydroxylation is 1. The molecule has 96 valence electrons. The van der Waals surface area contributed by atoms with Crippen molar-refractivity contribution in [2.24, 2.45) is 0 Å². The van der Waals surface area contributed by atoms with Crippen molar-refractivity contribution in [3.05, 3.63) is 46.5 Å². The van der Waals surface area contributed by atoms with Gasteiger partial charge in [0.2, 0.25) is 5.28 Å². The lowest BCUT2D eigenvalue weighted by Gasteiger charge is -2.09. The van der Waals surface area contributed by atoms with E-state index in [1.807, 2.05) is 0 Å². The summed E-state index contributed by atoms with van der Waals surface area (Å²) in [6, 6.07) is 4.92. The molecule has 0 aliphatic rings. The van der Waals surface area contributed by atoms with Crippen LogP contribution in [-0.2, 0) is 12.7 Å². The first kappa shape index (κ1) is 12.9. The van der Waals surface area contributed by atoms with E-state index in [1.165, 1.54) is 12.1 Å². The summed E-state index contributed by atoms with van der Waals surface area (Å²) in [5.41, 5.74) is 0.0330. The topological polar surface area (TPSA) is 30.7 Å². The molecule has 0 unspecified atom stereocenters. The van der Waals surface area contributed by atoms with Gasteiger partial charge >= 0.3 is 6.18 Å². The average Bonchev–Trinajstić information content (AvgIpc) is 2.60. The van der Waals surface area contributed by atoms with Crippen molar-refractivity contribution in [1.29, 1.82) is 0 Å². The van der Waals surface area contributed by atoms with E-state index < -0.39 is 11.7 Å². The fourth-order valence-electron chi connectivity index (χ4n) is 1.52. The van der Waals surface area contributed by atoms with Crippen molar-refractivity contribution in [2.75, 3.05) is 0 Å². The molecule has 0 saturated heterocycles. The Morgan fingerprint density at radius 2 is 1.78 bits per heavy atom. The molecule has 0 N–H and O–H groups in total. The molecule has 0 aliphatic heterocycles. The highest BCUT2D eigenvalue weighted by molar-refractivity contribution is 6.28. The first-order valence-corrected chi connectivity index (χ1v) is 5.47. The Morgan fingerprint density at radius 3 is 2.22 bits per heavy atom. The van der Waals surface area contributed by atoms with E-state index in [9.17, 15) is 13.2 Å². The number of hydrogen-bond acceptors (Lipinski definition) is 2. The standard InChI is InChI=1S/C11H9ClF3N3/c1-7-16-17-10(12)18(7)6-8-2-4-9(5-3-8)11(13,14)15/h2-5H,6H2,1H3. The Bertz CT molecular complexity index is 526. The van der Waals surface area contributed by atoms with Crippen LogP contribution in [0.2, 0.25) is 5.28 Å². The van der Waals surface area contributed by atoms with Gasteiger partial charge in [0, 0.05) is 0 Å². The number of rotatable bonds is 2. The van der Waals surface area contributed by atoms with Gasteiger partial charge in [-0.2, -0.15) is 13.2 Å². The number of nitrogens with zero attached hydrogens (tertiary/aromatic N) is 3. The molecule has 0 saturated carbocycles. The van der Waals surface area contributed by atoms with Crippen LogP contribution in [-0.4, -0.2) is 14.8 Å². The van der Waals surface area contributed by atoms with E-state index in [1.54, 1.807) is 11.5 Å². The monoisotopic (exact) mass is 275 g/mol. The van der Waals surface area contributed by atoms with E-state index >= 15 is 0 Å². The third-order valence-corrected chi connectivity index (χ3v) is 2.79. The van der Waals surface area contributed by atoms with Gasteiger partial charge in [0.15, 0.2) is 0 Å². The molecular weight excluding hydrogens is 267 g/mol. The maximum Gasteiger partial charge on any atom is 0.416 e. The Labute approximate surface area is 106 Å². The van der Waals surface area contributed by atoms with Gasteiger partial charge in [-0.3, -0.25) is 4.57 Å². The predicted molar refractivity (Wildman–Crippen MR) is 60.3 cm³/mol. The quantitative estimate of drug-likeness (QED) is 0.842. The predicted octanol–water partition coefficient (Wildman–Crippen LogP) is 3.31. The van der Waals surface area contributed by atoms with E-state index in [0.29, 0.717) is 17.9 Å². The smallest absolute Gasteiger partial charge is 0.298 e. The normalized spacial score (nSPS) is 11.8. The molecule has 3 nitrogen and oxygen atoms in total. The zero-order valence-electron chi connectivity index (χ0n) is 9.37. The van der Waals surface area contributed by atoms with E-state index in [-0.39, 0.29) is 5.28 Å². The molecule has 0 spiro atoms. The molecule has 0 fully saturated rings. The van der Waals surface area contributed by atoms with Gasteiger partial charge < -0.3 is 0 Å². The number of aromatic nitrogens is 3. The first-order valence-electron chi connectivity index (χ1n) is 5.09. The molecule has 18 heavy (non-hydrogen) atoms. The summed E-state index contributed by atoms with van der Waals surface area (Å²) < 4.78 is 38.8. The molecule has 7 heteroatoms. The summed E-state index contributed by atoms with van der Waals surface area (Å²) >= 11 is 5.81. The lowest BCUT2D eigenvalue weighted by Crippen LogP contribution is -2.06. The fraction of sp³-hybridized carbons (Fsp3) is 0.273. The molecule has 0 atom stereocenters. The van der Waals surface area contributed by atoms with E-state index in [4.69, 9.17) is 11.6 Å². The molecule has 1 aromatic carbocycles. The van der Waals surface area contributed by atoms with Crippen LogP contribution in [0.25, 0.3) is 0 Å². The second-order valence-electron chi connectivity index (χ2n) is 3.80. The van der Waals surface area contributed by atoms with Crippen LogP contribution in [0, 0.1) is 6.92 Å². The summed E-state index contributed by atoms with van der Waals surface area (Å²) in [6.07, 6.45) is -4.32. The van der Waals surface area contributed by atoms with Gasteiger partial charge in [0.05, 0.1) is 12.1 Å². The lowest BCUT2D eigenvalue weighted by atomic mass is 10.1. The third kappa shape index (κ3) is 2.64. The maximum absolute atomic E-state index is 12.4. The largest absolute Gasteiger partial charge is 0.416 e. The SMILES string of the molecule is Cc1nnc(Cl)n1Cc1ccc(C(F)(F)F)cc1. The van der Waals surface area contributed by atoms with Gasteiger partial charge in [-0.05, 0) is 36.2 Å². The second-order valence-corrected chi connectivity index (χ2v) is 4.14. The van der Waals surface area contributed by atoms with Crippen LogP contribution in [0.3, 0.4) is 0 Å². The highest BCUT2D eigenvalue weighted by Crippen LogP contribution is 2.29. The molecule has 0 bridgehead atoms. The highest BCUT2D eigenvalue weighted by Gasteiger charge is 2.29. The number of alkyl halides is 3. The van der Waals surface area contributed by atoms with Gasteiger partial charge in [-0.25, -0.2) is 0 Å². The number of hydrogen-bond donors (Lipinski definition) is 0. The molecule has 2 aromatic rings. The van der Waals surface area contributed by atoms with Gasteiger partial charge in [0.1, 0.15) is 5.82 Å². The van der Waals surface area contributed by atoms with E-state index in [2.05, 4.69) is 10.2 Å². The van der Waals surface area contributed by atoms with Crippen molar-refractivity contribution in [3.8, 4) is 0 Å². The molecule has 1 aromatic heterocycles. The Kier molecular flexibility index (Phi) is 3.30. The van der Waals surface area contributed by atoms with Crippen LogP contribution in [0.4, 0.5) is 13.2 Å². The summed E-state index contributed by atoms with van der Waals surface area (Å²) in [5, 5.41) is 7.65.